The third-order valence-electron chi connectivity index (χ3n) is 2.08. The Morgan fingerprint density at radius 3 is 2.58 bits per heavy atom. The summed E-state index contributed by atoms with van der Waals surface area (Å²) in [5.41, 5.74) is 0.373. The van der Waals surface area contributed by atoms with Gasteiger partial charge in [-0.1, -0.05) is 23.2 Å². The average Bonchev–Trinajstić information content (AvgIpc) is 2.30. The van der Waals surface area contributed by atoms with Crippen LogP contribution in [0.4, 0.5) is 5.82 Å². The highest BCUT2D eigenvalue weighted by atomic mass is 79.9. The van der Waals surface area contributed by atoms with Crippen LogP contribution in [0.15, 0.2) is 28.7 Å². The second-order valence-electron chi connectivity index (χ2n) is 3.42. The molecule has 0 fully saturated rings. The van der Waals surface area contributed by atoms with E-state index >= 15 is 0 Å². The molecule has 0 aliphatic rings. The molecule has 0 radical (unpaired) electrons. The molecule has 2 rings (SSSR count). The first kappa shape index (κ1) is 14.5. The minimum absolute atomic E-state index is 0.0482. The van der Waals surface area contributed by atoms with Gasteiger partial charge in [0, 0.05) is 15.6 Å². The summed E-state index contributed by atoms with van der Waals surface area (Å²) in [4.78, 5) is 19.6. The maximum atomic E-state index is 12.1. The van der Waals surface area contributed by atoms with Crippen LogP contribution in [0.2, 0.25) is 15.5 Å². The summed E-state index contributed by atoms with van der Waals surface area (Å²) in [6.07, 6.45) is 0. The van der Waals surface area contributed by atoms with Crippen LogP contribution >= 0.6 is 50.7 Å². The Morgan fingerprint density at radius 2 is 1.89 bits per heavy atom. The zero-order valence-electron chi connectivity index (χ0n) is 9.12. The van der Waals surface area contributed by atoms with Gasteiger partial charge in [-0.3, -0.25) is 4.79 Å². The molecular weight excluding hydrogens is 376 g/mol. The van der Waals surface area contributed by atoms with Crippen molar-refractivity contribution in [1.82, 2.24) is 9.97 Å². The van der Waals surface area contributed by atoms with Gasteiger partial charge in [0.1, 0.15) is 11.0 Å². The van der Waals surface area contributed by atoms with Crippen molar-refractivity contribution < 1.29 is 4.79 Å². The Kier molecular flexibility index (Phi) is 4.62. The number of nitrogens with one attached hydrogen (secondary N) is 1. The SMILES string of the molecule is O=C(Nc1cc(Cl)nc(Cl)n1)c1cc(Cl)ccc1Br. The van der Waals surface area contributed by atoms with Crippen molar-refractivity contribution >= 4 is 62.5 Å². The number of carbonyl (C=O) groups excluding carboxylic acids is 1. The fourth-order valence-electron chi connectivity index (χ4n) is 1.31. The van der Waals surface area contributed by atoms with E-state index in [0.29, 0.717) is 15.1 Å². The summed E-state index contributed by atoms with van der Waals surface area (Å²) in [5.74, 6) is -0.179. The highest BCUT2D eigenvalue weighted by Gasteiger charge is 2.12. The molecule has 0 saturated carbocycles. The van der Waals surface area contributed by atoms with Gasteiger partial charge in [-0.15, -0.1) is 0 Å². The number of carbonyl (C=O) groups is 1. The van der Waals surface area contributed by atoms with Gasteiger partial charge in [-0.25, -0.2) is 9.97 Å². The maximum absolute atomic E-state index is 12.1. The molecular formula is C11H5BrCl3N3O. The van der Waals surface area contributed by atoms with Crippen LogP contribution in [0.25, 0.3) is 0 Å². The maximum Gasteiger partial charge on any atom is 0.258 e. The molecule has 8 heteroatoms. The largest absolute Gasteiger partial charge is 0.306 e. The molecule has 1 heterocycles. The van der Waals surface area contributed by atoms with Crippen molar-refractivity contribution in [1.29, 1.82) is 0 Å². The Balaban J connectivity index is 2.28. The molecule has 0 aliphatic heterocycles. The summed E-state index contributed by atoms with van der Waals surface area (Å²) in [5, 5.41) is 3.10. The standard InChI is InChI=1S/C11H5BrCl3N3O/c12-7-2-1-5(13)3-6(7)10(19)17-9-4-8(14)16-11(15)18-9/h1-4H,(H,16,17,18,19). The van der Waals surface area contributed by atoms with Gasteiger partial charge in [-0.05, 0) is 45.7 Å². The average molecular weight is 381 g/mol. The zero-order valence-corrected chi connectivity index (χ0v) is 13.0. The van der Waals surface area contributed by atoms with E-state index in [-0.39, 0.29) is 22.2 Å². The third-order valence-corrected chi connectivity index (χ3v) is 3.37. The lowest BCUT2D eigenvalue weighted by Crippen LogP contribution is -2.14. The van der Waals surface area contributed by atoms with Crippen molar-refractivity contribution in [3.8, 4) is 0 Å². The number of amides is 1. The summed E-state index contributed by atoms with van der Waals surface area (Å²) in [7, 11) is 0. The molecule has 19 heavy (non-hydrogen) atoms. The van der Waals surface area contributed by atoms with Crippen molar-refractivity contribution in [2.45, 2.75) is 0 Å². The Hall–Kier alpha value is -0.880. The summed E-state index contributed by atoms with van der Waals surface area (Å²) in [6.45, 7) is 0. The predicted molar refractivity (Wildman–Crippen MR) is 79.2 cm³/mol. The van der Waals surface area contributed by atoms with Crippen LogP contribution in [0.5, 0.6) is 0 Å². The van der Waals surface area contributed by atoms with Gasteiger partial charge >= 0.3 is 0 Å². The first-order valence-corrected chi connectivity index (χ1v) is 6.85. The number of halogens is 4. The van der Waals surface area contributed by atoms with Crippen molar-refractivity contribution in [2.75, 3.05) is 5.32 Å². The molecule has 1 aromatic heterocycles. The lowest BCUT2D eigenvalue weighted by molar-refractivity contribution is 0.102. The zero-order chi connectivity index (χ0) is 14.0. The summed E-state index contributed by atoms with van der Waals surface area (Å²) in [6, 6.07) is 6.27. The van der Waals surface area contributed by atoms with Crippen molar-refractivity contribution in [2.24, 2.45) is 0 Å². The molecule has 0 atom stereocenters. The molecule has 0 saturated heterocycles. The van der Waals surface area contributed by atoms with E-state index in [4.69, 9.17) is 34.8 Å². The van der Waals surface area contributed by atoms with Crippen LogP contribution in [-0.2, 0) is 0 Å². The first-order chi connectivity index (χ1) is 8.95. The van der Waals surface area contributed by atoms with Crippen LogP contribution < -0.4 is 5.32 Å². The fraction of sp³-hybridized carbons (Fsp3) is 0. The van der Waals surface area contributed by atoms with Gasteiger partial charge in [0.05, 0.1) is 5.56 Å². The van der Waals surface area contributed by atoms with Gasteiger partial charge in [0.2, 0.25) is 5.28 Å². The fourth-order valence-corrected chi connectivity index (χ4v) is 2.32. The Bertz CT molecular complexity index is 631. The molecule has 0 aliphatic carbocycles. The lowest BCUT2D eigenvalue weighted by atomic mass is 10.2. The minimum atomic E-state index is -0.389. The molecule has 1 N–H and O–H groups in total. The van der Waals surface area contributed by atoms with E-state index < -0.39 is 0 Å². The predicted octanol–water partition coefficient (Wildman–Crippen LogP) is 4.45. The second kappa shape index (κ2) is 6.05. The van der Waals surface area contributed by atoms with E-state index in [2.05, 4.69) is 31.2 Å². The number of rotatable bonds is 2. The van der Waals surface area contributed by atoms with Gasteiger partial charge in [-0.2, -0.15) is 0 Å². The highest BCUT2D eigenvalue weighted by Crippen LogP contribution is 2.22. The van der Waals surface area contributed by atoms with Gasteiger partial charge in [0.25, 0.3) is 5.91 Å². The molecule has 98 valence electrons. The smallest absolute Gasteiger partial charge is 0.258 e. The highest BCUT2D eigenvalue weighted by molar-refractivity contribution is 9.10. The third kappa shape index (κ3) is 3.79. The second-order valence-corrected chi connectivity index (χ2v) is 5.44. The van der Waals surface area contributed by atoms with Crippen LogP contribution in [0, 0.1) is 0 Å². The van der Waals surface area contributed by atoms with E-state index in [1.165, 1.54) is 12.1 Å². The first-order valence-electron chi connectivity index (χ1n) is 4.92. The summed E-state index contributed by atoms with van der Waals surface area (Å²) >= 11 is 20.5. The monoisotopic (exact) mass is 379 g/mol. The lowest BCUT2D eigenvalue weighted by Gasteiger charge is -2.07. The van der Waals surface area contributed by atoms with E-state index in [0.717, 1.165) is 0 Å². The Morgan fingerprint density at radius 1 is 1.16 bits per heavy atom. The quantitative estimate of drug-likeness (QED) is 0.618. The molecule has 4 nitrogen and oxygen atoms in total. The van der Waals surface area contributed by atoms with E-state index in [9.17, 15) is 4.79 Å². The minimum Gasteiger partial charge on any atom is -0.306 e. The van der Waals surface area contributed by atoms with E-state index in [1.807, 2.05) is 0 Å². The topological polar surface area (TPSA) is 54.9 Å². The Labute approximate surface area is 132 Å². The number of hydrogen-bond donors (Lipinski definition) is 1. The van der Waals surface area contributed by atoms with Crippen LogP contribution in [0.1, 0.15) is 10.4 Å². The summed E-state index contributed by atoms with van der Waals surface area (Å²) < 4.78 is 0.612. The number of benzene rings is 1. The molecule has 1 aromatic carbocycles. The molecule has 1 amide bonds. The molecule has 0 spiro atoms. The number of nitrogens with zero attached hydrogens (tertiary/aromatic N) is 2. The van der Waals surface area contributed by atoms with Crippen LogP contribution in [-0.4, -0.2) is 15.9 Å². The van der Waals surface area contributed by atoms with Gasteiger partial charge in [0.15, 0.2) is 0 Å². The molecule has 2 aromatic rings. The van der Waals surface area contributed by atoms with Gasteiger partial charge < -0.3 is 5.32 Å². The van der Waals surface area contributed by atoms with Crippen LogP contribution in [0.3, 0.4) is 0 Å². The van der Waals surface area contributed by atoms with E-state index in [1.54, 1.807) is 12.1 Å². The number of aromatic nitrogens is 2. The molecule has 0 bridgehead atoms. The molecule has 0 unspecified atom stereocenters. The number of anilines is 1. The van der Waals surface area contributed by atoms with Crippen molar-refractivity contribution in [3.05, 3.63) is 49.8 Å². The normalized spacial score (nSPS) is 10.3. The van der Waals surface area contributed by atoms with Crippen molar-refractivity contribution in [3.63, 3.8) is 0 Å². The number of hydrogen-bond acceptors (Lipinski definition) is 3.